The number of ether oxygens (including phenoxy) is 2. The van der Waals surface area contributed by atoms with E-state index < -0.39 is 0 Å². The Hall–Kier alpha value is -1.42. The molecule has 1 heterocycles. The molecule has 0 saturated carbocycles. The van der Waals surface area contributed by atoms with Crippen molar-refractivity contribution in [1.82, 2.24) is 0 Å². The molecule has 1 aliphatic rings. The fraction of sp³-hybridized carbons (Fsp3) is 0.600. The van der Waals surface area contributed by atoms with Gasteiger partial charge >= 0.3 is 0 Å². The van der Waals surface area contributed by atoms with E-state index >= 15 is 0 Å². The number of nitrogen functional groups attached to an aromatic ring is 1. The Morgan fingerprint density at radius 1 is 1.47 bits per heavy atom. The van der Waals surface area contributed by atoms with Crippen LogP contribution in [0.25, 0.3) is 0 Å². The van der Waals surface area contributed by atoms with Crippen LogP contribution in [0.15, 0.2) is 18.2 Å². The van der Waals surface area contributed by atoms with Gasteiger partial charge in [-0.3, -0.25) is 0 Å². The van der Waals surface area contributed by atoms with Crippen LogP contribution in [0.2, 0.25) is 0 Å². The van der Waals surface area contributed by atoms with Gasteiger partial charge in [0.05, 0.1) is 24.1 Å². The Kier molecular flexibility index (Phi) is 4.91. The summed E-state index contributed by atoms with van der Waals surface area (Å²) in [7, 11) is 0. The Bertz CT molecular complexity index is 401. The van der Waals surface area contributed by atoms with Crippen LogP contribution in [-0.4, -0.2) is 25.9 Å². The van der Waals surface area contributed by atoms with Crippen LogP contribution in [0, 0.1) is 5.92 Å². The zero-order valence-corrected chi connectivity index (χ0v) is 11.8. The second-order valence-corrected chi connectivity index (χ2v) is 5.35. The Morgan fingerprint density at radius 3 is 3.00 bits per heavy atom. The molecule has 1 aliphatic heterocycles. The third kappa shape index (κ3) is 4.03. The smallest absolute Gasteiger partial charge is 0.144 e. The van der Waals surface area contributed by atoms with Crippen LogP contribution >= 0.6 is 0 Å². The third-order valence-corrected chi connectivity index (χ3v) is 3.26. The first kappa shape index (κ1) is 14.0. The molecule has 3 N–H and O–H groups in total. The van der Waals surface area contributed by atoms with E-state index in [4.69, 9.17) is 15.2 Å². The first-order valence-electron chi connectivity index (χ1n) is 7.03. The van der Waals surface area contributed by atoms with Gasteiger partial charge in [-0.25, -0.2) is 0 Å². The molecule has 0 amide bonds. The highest BCUT2D eigenvalue weighted by molar-refractivity contribution is 5.72. The largest absolute Gasteiger partial charge is 0.489 e. The average Bonchev–Trinajstić information content (AvgIpc) is 2.40. The quantitative estimate of drug-likeness (QED) is 0.803. The molecule has 0 aliphatic carbocycles. The second-order valence-electron chi connectivity index (χ2n) is 5.35. The zero-order chi connectivity index (χ0) is 13.7. The fourth-order valence-corrected chi connectivity index (χ4v) is 2.28. The predicted molar refractivity (Wildman–Crippen MR) is 78.7 cm³/mol. The molecule has 0 spiro atoms. The van der Waals surface area contributed by atoms with Crippen molar-refractivity contribution in [3.8, 4) is 5.75 Å². The molecule has 0 bridgehead atoms. The van der Waals surface area contributed by atoms with Crippen molar-refractivity contribution in [2.75, 3.05) is 30.8 Å². The van der Waals surface area contributed by atoms with Gasteiger partial charge in [-0.15, -0.1) is 0 Å². The van der Waals surface area contributed by atoms with Gasteiger partial charge in [0, 0.05) is 13.2 Å². The molecule has 19 heavy (non-hydrogen) atoms. The molecular formula is C15H24N2O2. The molecular weight excluding hydrogens is 240 g/mol. The Balaban J connectivity index is 1.95. The highest BCUT2D eigenvalue weighted by atomic mass is 16.5. The van der Waals surface area contributed by atoms with Crippen LogP contribution in [0.1, 0.15) is 26.7 Å². The number of nitrogens with one attached hydrogen (secondary N) is 1. The molecule has 106 valence electrons. The number of nitrogens with two attached hydrogens (primary N) is 1. The Labute approximate surface area is 115 Å². The molecule has 1 saturated heterocycles. The molecule has 4 heteroatoms. The number of rotatable bonds is 5. The van der Waals surface area contributed by atoms with Crippen LogP contribution in [0.5, 0.6) is 5.75 Å². The van der Waals surface area contributed by atoms with Crippen molar-refractivity contribution in [3.63, 3.8) is 0 Å². The maximum absolute atomic E-state index is 6.13. The first-order chi connectivity index (χ1) is 9.16. The van der Waals surface area contributed by atoms with Crippen molar-refractivity contribution >= 4 is 11.4 Å². The van der Waals surface area contributed by atoms with Crippen LogP contribution < -0.4 is 15.8 Å². The summed E-state index contributed by atoms with van der Waals surface area (Å²) >= 11 is 0. The Morgan fingerprint density at radius 2 is 2.32 bits per heavy atom. The SMILES string of the molecule is CC(C)Oc1cccc(NCC2CCCOC2)c1N. The number of para-hydroxylation sites is 1. The maximum atomic E-state index is 6.13. The molecule has 1 unspecified atom stereocenters. The standard InChI is InChI=1S/C15H24N2O2/c1-11(2)19-14-7-3-6-13(15(14)16)17-9-12-5-4-8-18-10-12/h3,6-7,11-12,17H,4-5,8-10,16H2,1-2H3. The van der Waals surface area contributed by atoms with E-state index in [1.807, 2.05) is 32.0 Å². The van der Waals surface area contributed by atoms with Gasteiger partial charge < -0.3 is 20.5 Å². The maximum Gasteiger partial charge on any atom is 0.144 e. The van der Waals surface area contributed by atoms with Gasteiger partial charge in [-0.05, 0) is 44.7 Å². The second kappa shape index (κ2) is 6.66. The summed E-state index contributed by atoms with van der Waals surface area (Å²) in [6.45, 7) is 6.64. The van der Waals surface area contributed by atoms with E-state index in [1.165, 1.54) is 6.42 Å². The van der Waals surface area contributed by atoms with Crippen molar-refractivity contribution in [2.45, 2.75) is 32.8 Å². The summed E-state index contributed by atoms with van der Waals surface area (Å²) in [6.07, 6.45) is 2.50. The van der Waals surface area contributed by atoms with E-state index in [-0.39, 0.29) is 6.10 Å². The number of hydrogen-bond donors (Lipinski definition) is 2. The number of anilines is 2. The van der Waals surface area contributed by atoms with Gasteiger partial charge in [0.15, 0.2) is 0 Å². The molecule has 1 aromatic carbocycles. The highest BCUT2D eigenvalue weighted by Gasteiger charge is 2.14. The topological polar surface area (TPSA) is 56.5 Å². The molecule has 2 rings (SSSR count). The lowest BCUT2D eigenvalue weighted by Gasteiger charge is -2.23. The lowest BCUT2D eigenvalue weighted by atomic mass is 10.0. The fourth-order valence-electron chi connectivity index (χ4n) is 2.28. The summed E-state index contributed by atoms with van der Waals surface area (Å²) in [5.41, 5.74) is 7.76. The van der Waals surface area contributed by atoms with E-state index in [0.29, 0.717) is 11.6 Å². The average molecular weight is 264 g/mol. The summed E-state index contributed by atoms with van der Waals surface area (Å²) in [4.78, 5) is 0. The van der Waals surface area contributed by atoms with Gasteiger partial charge in [-0.2, -0.15) is 0 Å². The van der Waals surface area contributed by atoms with E-state index in [1.54, 1.807) is 0 Å². The van der Waals surface area contributed by atoms with Gasteiger partial charge in [0.2, 0.25) is 0 Å². The predicted octanol–water partition coefficient (Wildman–Crippen LogP) is 2.89. The van der Waals surface area contributed by atoms with Crippen LogP contribution in [0.3, 0.4) is 0 Å². The van der Waals surface area contributed by atoms with Gasteiger partial charge in [0.1, 0.15) is 5.75 Å². The monoisotopic (exact) mass is 264 g/mol. The number of hydrogen-bond acceptors (Lipinski definition) is 4. The van der Waals surface area contributed by atoms with E-state index in [9.17, 15) is 0 Å². The summed E-state index contributed by atoms with van der Waals surface area (Å²) in [5, 5.41) is 3.41. The van der Waals surface area contributed by atoms with Crippen molar-refractivity contribution in [2.24, 2.45) is 5.92 Å². The van der Waals surface area contributed by atoms with Crippen molar-refractivity contribution in [1.29, 1.82) is 0 Å². The molecule has 0 aromatic heterocycles. The highest BCUT2D eigenvalue weighted by Crippen LogP contribution is 2.30. The molecule has 1 fully saturated rings. The first-order valence-corrected chi connectivity index (χ1v) is 7.03. The van der Waals surface area contributed by atoms with Gasteiger partial charge in [0.25, 0.3) is 0 Å². The molecule has 1 aromatic rings. The van der Waals surface area contributed by atoms with Crippen LogP contribution in [-0.2, 0) is 4.74 Å². The third-order valence-electron chi connectivity index (χ3n) is 3.26. The minimum atomic E-state index is 0.129. The van der Waals surface area contributed by atoms with Crippen LogP contribution in [0.4, 0.5) is 11.4 Å². The minimum Gasteiger partial charge on any atom is -0.489 e. The number of benzene rings is 1. The van der Waals surface area contributed by atoms with Gasteiger partial charge in [-0.1, -0.05) is 6.07 Å². The summed E-state index contributed by atoms with van der Waals surface area (Å²) in [5.74, 6) is 1.32. The molecule has 0 radical (unpaired) electrons. The minimum absolute atomic E-state index is 0.129. The van der Waals surface area contributed by atoms with Crippen molar-refractivity contribution < 1.29 is 9.47 Å². The summed E-state index contributed by atoms with van der Waals surface area (Å²) in [6, 6.07) is 5.87. The lowest BCUT2D eigenvalue weighted by molar-refractivity contribution is 0.0595. The normalized spacial score (nSPS) is 19.4. The molecule has 1 atom stereocenters. The summed E-state index contributed by atoms with van der Waals surface area (Å²) < 4.78 is 11.2. The van der Waals surface area contributed by atoms with Crippen molar-refractivity contribution in [3.05, 3.63) is 18.2 Å². The van der Waals surface area contributed by atoms with E-state index in [0.717, 1.165) is 37.6 Å². The van der Waals surface area contributed by atoms with E-state index in [2.05, 4.69) is 5.32 Å². The zero-order valence-electron chi connectivity index (χ0n) is 11.8. The lowest BCUT2D eigenvalue weighted by Crippen LogP contribution is -2.24. The molecule has 4 nitrogen and oxygen atoms in total.